The first-order valence-electron chi connectivity index (χ1n) is 7.07. The summed E-state index contributed by atoms with van der Waals surface area (Å²) in [5, 5.41) is 7.91. The fraction of sp³-hybridized carbons (Fsp3) is 0.125. The van der Waals surface area contributed by atoms with Crippen LogP contribution in [0.25, 0.3) is 0 Å². The SMILES string of the molecule is CC(=N/NC(=O)c1ccncc1)/C(C)=N/NC(=O)c1ccncc1. The second-order valence-electron chi connectivity index (χ2n) is 4.75. The third-order valence-corrected chi connectivity index (χ3v) is 3.06. The van der Waals surface area contributed by atoms with E-state index in [4.69, 9.17) is 0 Å². The molecule has 2 N–H and O–H groups in total. The van der Waals surface area contributed by atoms with Crippen LogP contribution in [0.3, 0.4) is 0 Å². The molecular formula is C16H16N6O2. The number of hydrogen-bond donors (Lipinski definition) is 2. The van der Waals surface area contributed by atoms with E-state index < -0.39 is 0 Å². The van der Waals surface area contributed by atoms with Gasteiger partial charge in [0.2, 0.25) is 0 Å². The molecule has 0 aliphatic rings. The van der Waals surface area contributed by atoms with Crippen LogP contribution in [-0.4, -0.2) is 33.2 Å². The fourth-order valence-corrected chi connectivity index (χ4v) is 1.57. The lowest BCUT2D eigenvalue weighted by atomic mass is 10.2. The lowest BCUT2D eigenvalue weighted by Crippen LogP contribution is -2.24. The van der Waals surface area contributed by atoms with Crippen LogP contribution in [0.2, 0.25) is 0 Å². The Morgan fingerprint density at radius 3 is 1.42 bits per heavy atom. The minimum absolute atomic E-state index is 0.356. The molecule has 0 spiro atoms. The summed E-state index contributed by atoms with van der Waals surface area (Å²) >= 11 is 0. The maximum absolute atomic E-state index is 11.9. The van der Waals surface area contributed by atoms with Crippen molar-refractivity contribution in [1.82, 2.24) is 20.8 Å². The summed E-state index contributed by atoms with van der Waals surface area (Å²) in [6, 6.07) is 6.32. The molecule has 24 heavy (non-hydrogen) atoms. The Balaban J connectivity index is 1.94. The van der Waals surface area contributed by atoms with Gasteiger partial charge in [-0.05, 0) is 38.1 Å². The van der Waals surface area contributed by atoms with Crippen molar-refractivity contribution in [2.45, 2.75) is 13.8 Å². The molecule has 2 aromatic rings. The third kappa shape index (κ3) is 4.80. The van der Waals surface area contributed by atoms with Crippen LogP contribution < -0.4 is 10.9 Å². The average molecular weight is 324 g/mol. The van der Waals surface area contributed by atoms with E-state index in [2.05, 4.69) is 31.0 Å². The van der Waals surface area contributed by atoms with Gasteiger partial charge in [0.1, 0.15) is 0 Å². The number of hydrazone groups is 2. The molecule has 2 aromatic heterocycles. The molecule has 0 atom stereocenters. The molecule has 0 bridgehead atoms. The van der Waals surface area contributed by atoms with Gasteiger partial charge in [-0.2, -0.15) is 10.2 Å². The van der Waals surface area contributed by atoms with Crippen LogP contribution in [0, 0.1) is 0 Å². The Morgan fingerprint density at radius 1 is 0.750 bits per heavy atom. The van der Waals surface area contributed by atoms with E-state index in [0.29, 0.717) is 22.6 Å². The van der Waals surface area contributed by atoms with Crippen LogP contribution in [0.1, 0.15) is 34.6 Å². The minimum atomic E-state index is -0.356. The van der Waals surface area contributed by atoms with Gasteiger partial charge in [0.05, 0.1) is 11.4 Å². The van der Waals surface area contributed by atoms with E-state index in [1.807, 2.05) is 0 Å². The lowest BCUT2D eigenvalue weighted by Gasteiger charge is -2.03. The van der Waals surface area contributed by atoms with E-state index in [1.54, 1.807) is 38.1 Å². The van der Waals surface area contributed by atoms with E-state index in [-0.39, 0.29) is 11.8 Å². The first-order valence-corrected chi connectivity index (χ1v) is 7.07. The lowest BCUT2D eigenvalue weighted by molar-refractivity contribution is 0.0946. The summed E-state index contributed by atoms with van der Waals surface area (Å²) in [4.78, 5) is 31.4. The van der Waals surface area contributed by atoms with Crippen LogP contribution in [0.4, 0.5) is 0 Å². The number of nitrogens with zero attached hydrogens (tertiary/aromatic N) is 4. The molecule has 0 saturated heterocycles. The first kappa shape index (κ1) is 16.9. The van der Waals surface area contributed by atoms with Gasteiger partial charge in [0.15, 0.2) is 0 Å². The highest BCUT2D eigenvalue weighted by Gasteiger charge is 2.06. The summed E-state index contributed by atoms with van der Waals surface area (Å²) in [5.74, 6) is -0.712. The van der Waals surface area contributed by atoms with Gasteiger partial charge in [-0.15, -0.1) is 0 Å². The summed E-state index contributed by atoms with van der Waals surface area (Å²) in [5.41, 5.74) is 6.66. The number of pyridine rings is 2. The Labute approximate surface area is 138 Å². The molecule has 8 nitrogen and oxygen atoms in total. The van der Waals surface area contributed by atoms with Crippen molar-refractivity contribution >= 4 is 23.2 Å². The molecule has 2 heterocycles. The maximum atomic E-state index is 11.9. The second-order valence-corrected chi connectivity index (χ2v) is 4.75. The van der Waals surface area contributed by atoms with Crippen molar-refractivity contribution in [1.29, 1.82) is 0 Å². The fourth-order valence-electron chi connectivity index (χ4n) is 1.57. The molecule has 0 fully saturated rings. The summed E-state index contributed by atoms with van der Waals surface area (Å²) in [6.45, 7) is 3.34. The first-order chi connectivity index (χ1) is 11.6. The van der Waals surface area contributed by atoms with Gasteiger partial charge in [-0.3, -0.25) is 19.6 Å². The van der Waals surface area contributed by atoms with Crippen LogP contribution in [-0.2, 0) is 0 Å². The molecule has 0 unspecified atom stereocenters. The average Bonchev–Trinajstić information content (AvgIpc) is 2.64. The number of amides is 2. The van der Waals surface area contributed by atoms with Gasteiger partial charge in [0, 0.05) is 35.9 Å². The number of hydrogen-bond acceptors (Lipinski definition) is 6. The molecule has 0 saturated carbocycles. The third-order valence-electron chi connectivity index (χ3n) is 3.06. The monoisotopic (exact) mass is 324 g/mol. The van der Waals surface area contributed by atoms with Crippen molar-refractivity contribution in [3.8, 4) is 0 Å². The molecule has 8 heteroatoms. The van der Waals surface area contributed by atoms with Gasteiger partial charge < -0.3 is 0 Å². The minimum Gasteiger partial charge on any atom is -0.267 e. The number of aromatic nitrogens is 2. The van der Waals surface area contributed by atoms with Gasteiger partial charge in [-0.1, -0.05) is 0 Å². The molecule has 0 aliphatic heterocycles. The highest BCUT2D eigenvalue weighted by molar-refractivity contribution is 6.40. The molecule has 0 radical (unpaired) electrons. The Bertz CT molecular complexity index is 704. The van der Waals surface area contributed by atoms with E-state index in [1.165, 1.54) is 24.8 Å². The normalized spacial score (nSPS) is 11.8. The molecular weight excluding hydrogens is 308 g/mol. The predicted molar refractivity (Wildman–Crippen MR) is 89.6 cm³/mol. The zero-order chi connectivity index (χ0) is 17.4. The van der Waals surface area contributed by atoms with Crippen molar-refractivity contribution < 1.29 is 9.59 Å². The number of nitrogens with one attached hydrogen (secondary N) is 2. The van der Waals surface area contributed by atoms with Crippen molar-refractivity contribution in [3.63, 3.8) is 0 Å². The predicted octanol–water partition coefficient (Wildman–Crippen LogP) is 1.39. The zero-order valence-electron chi connectivity index (χ0n) is 13.2. The topological polar surface area (TPSA) is 109 Å². The number of carbonyl (C=O) groups is 2. The van der Waals surface area contributed by atoms with E-state index in [0.717, 1.165) is 0 Å². The largest absolute Gasteiger partial charge is 0.271 e. The Kier molecular flexibility index (Phi) is 5.84. The van der Waals surface area contributed by atoms with Crippen LogP contribution in [0.5, 0.6) is 0 Å². The summed E-state index contributed by atoms with van der Waals surface area (Å²) in [6.07, 6.45) is 6.08. The van der Waals surface area contributed by atoms with Gasteiger partial charge in [-0.25, -0.2) is 10.9 Å². The highest BCUT2D eigenvalue weighted by Crippen LogP contribution is 1.97. The molecule has 122 valence electrons. The van der Waals surface area contributed by atoms with E-state index >= 15 is 0 Å². The number of rotatable bonds is 5. The van der Waals surface area contributed by atoms with Crippen LogP contribution >= 0.6 is 0 Å². The van der Waals surface area contributed by atoms with E-state index in [9.17, 15) is 9.59 Å². The van der Waals surface area contributed by atoms with Crippen LogP contribution in [0.15, 0.2) is 59.3 Å². The Hall–Kier alpha value is -3.42. The zero-order valence-corrected chi connectivity index (χ0v) is 13.2. The van der Waals surface area contributed by atoms with Crippen molar-refractivity contribution in [3.05, 3.63) is 60.2 Å². The molecule has 0 aliphatic carbocycles. The Morgan fingerprint density at radius 2 is 1.08 bits per heavy atom. The van der Waals surface area contributed by atoms with Gasteiger partial charge >= 0.3 is 0 Å². The highest BCUT2D eigenvalue weighted by atomic mass is 16.2. The van der Waals surface area contributed by atoms with Crippen molar-refractivity contribution in [2.75, 3.05) is 0 Å². The second kappa shape index (κ2) is 8.28. The summed E-state index contributed by atoms with van der Waals surface area (Å²) < 4.78 is 0. The molecule has 0 aromatic carbocycles. The number of carbonyl (C=O) groups excluding carboxylic acids is 2. The molecule has 2 rings (SSSR count). The standard InChI is InChI=1S/C16H16N6O2/c1-11(19-21-15(23)13-3-7-17-8-4-13)12(2)20-22-16(24)14-5-9-18-10-6-14/h3-10H,1-2H3,(H,21,23)(H,22,24)/b19-11-,20-12+. The molecule has 2 amide bonds. The quantitative estimate of drug-likeness (QED) is 0.640. The maximum Gasteiger partial charge on any atom is 0.271 e. The smallest absolute Gasteiger partial charge is 0.267 e. The van der Waals surface area contributed by atoms with Gasteiger partial charge in [0.25, 0.3) is 11.8 Å². The summed E-state index contributed by atoms with van der Waals surface area (Å²) in [7, 11) is 0. The van der Waals surface area contributed by atoms with Crippen molar-refractivity contribution in [2.24, 2.45) is 10.2 Å².